The SMILES string of the molecule is CC(C)(C)C(NC(=O)c1cncc(O)c1)c1ccccc1. The first kappa shape index (κ1) is 15.0. The lowest BCUT2D eigenvalue weighted by Crippen LogP contribution is -2.36. The number of carbonyl (C=O) groups is 1. The van der Waals surface area contributed by atoms with E-state index < -0.39 is 0 Å². The zero-order chi connectivity index (χ0) is 15.5. The molecule has 0 fully saturated rings. The van der Waals surface area contributed by atoms with E-state index in [1.165, 1.54) is 18.5 Å². The van der Waals surface area contributed by atoms with E-state index in [1.807, 2.05) is 30.3 Å². The van der Waals surface area contributed by atoms with Gasteiger partial charge in [0.25, 0.3) is 5.91 Å². The minimum atomic E-state index is -0.248. The molecule has 0 bridgehead atoms. The number of nitrogens with one attached hydrogen (secondary N) is 1. The summed E-state index contributed by atoms with van der Waals surface area (Å²) in [6.45, 7) is 6.23. The van der Waals surface area contributed by atoms with Crippen LogP contribution in [-0.2, 0) is 0 Å². The van der Waals surface area contributed by atoms with Crippen LogP contribution in [0.25, 0.3) is 0 Å². The van der Waals surface area contributed by atoms with Crippen molar-refractivity contribution >= 4 is 5.91 Å². The van der Waals surface area contributed by atoms with Gasteiger partial charge in [-0.2, -0.15) is 0 Å². The van der Waals surface area contributed by atoms with Gasteiger partial charge in [-0.15, -0.1) is 0 Å². The average molecular weight is 284 g/mol. The lowest BCUT2D eigenvalue weighted by Gasteiger charge is -2.32. The molecule has 1 amide bonds. The van der Waals surface area contributed by atoms with Crippen molar-refractivity contribution in [2.75, 3.05) is 0 Å². The summed E-state index contributed by atoms with van der Waals surface area (Å²) in [7, 11) is 0. The number of rotatable bonds is 3. The number of carbonyl (C=O) groups excluding carboxylic acids is 1. The van der Waals surface area contributed by atoms with Crippen LogP contribution in [0.2, 0.25) is 0 Å². The Morgan fingerprint density at radius 3 is 2.43 bits per heavy atom. The summed E-state index contributed by atoms with van der Waals surface area (Å²) in [4.78, 5) is 16.2. The zero-order valence-electron chi connectivity index (χ0n) is 12.5. The quantitative estimate of drug-likeness (QED) is 0.909. The summed E-state index contributed by atoms with van der Waals surface area (Å²) in [5, 5.41) is 12.5. The summed E-state index contributed by atoms with van der Waals surface area (Å²) in [6, 6.07) is 11.1. The number of hydrogen-bond acceptors (Lipinski definition) is 3. The second-order valence-electron chi connectivity index (χ2n) is 6.11. The molecule has 0 radical (unpaired) electrons. The monoisotopic (exact) mass is 284 g/mol. The molecule has 0 aliphatic rings. The van der Waals surface area contributed by atoms with Crippen LogP contribution in [0, 0.1) is 5.41 Å². The second-order valence-corrected chi connectivity index (χ2v) is 6.11. The number of pyridine rings is 1. The minimum Gasteiger partial charge on any atom is -0.506 e. The van der Waals surface area contributed by atoms with Crippen molar-refractivity contribution in [3.05, 3.63) is 59.9 Å². The van der Waals surface area contributed by atoms with E-state index in [0.29, 0.717) is 5.56 Å². The van der Waals surface area contributed by atoms with Crippen molar-refractivity contribution in [2.45, 2.75) is 26.8 Å². The number of nitrogens with zero attached hydrogens (tertiary/aromatic N) is 1. The topological polar surface area (TPSA) is 62.2 Å². The number of amides is 1. The van der Waals surface area contributed by atoms with Crippen molar-refractivity contribution in [2.24, 2.45) is 5.41 Å². The molecule has 0 spiro atoms. The molecular formula is C17H20N2O2. The molecule has 0 aliphatic carbocycles. The van der Waals surface area contributed by atoms with E-state index in [0.717, 1.165) is 5.56 Å². The third-order valence-corrected chi connectivity index (χ3v) is 3.26. The van der Waals surface area contributed by atoms with E-state index >= 15 is 0 Å². The standard InChI is InChI=1S/C17H20N2O2/c1-17(2,3)15(12-7-5-4-6-8-12)19-16(21)13-9-14(20)11-18-10-13/h4-11,15,20H,1-3H3,(H,19,21). The first-order valence-electron chi connectivity index (χ1n) is 6.88. The predicted octanol–water partition coefficient (Wildman–Crippen LogP) is 3.30. The third-order valence-electron chi connectivity index (χ3n) is 3.26. The molecule has 1 aromatic heterocycles. The normalized spacial score (nSPS) is 12.7. The highest BCUT2D eigenvalue weighted by atomic mass is 16.3. The van der Waals surface area contributed by atoms with Gasteiger partial charge in [0.15, 0.2) is 0 Å². The van der Waals surface area contributed by atoms with E-state index in [2.05, 4.69) is 31.1 Å². The molecule has 110 valence electrons. The predicted molar refractivity (Wildman–Crippen MR) is 82.0 cm³/mol. The van der Waals surface area contributed by atoms with Crippen LogP contribution in [0.4, 0.5) is 0 Å². The summed E-state index contributed by atoms with van der Waals surface area (Å²) >= 11 is 0. The molecule has 4 heteroatoms. The first-order chi connectivity index (χ1) is 9.88. The molecule has 0 aliphatic heterocycles. The van der Waals surface area contributed by atoms with Gasteiger partial charge in [-0.1, -0.05) is 51.1 Å². The van der Waals surface area contributed by atoms with E-state index in [-0.39, 0.29) is 23.1 Å². The van der Waals surface area contributed by atoms with Gasteiger partial charge in [0.05, 0.1) is 17.8 Å². The smallest absolute Gasteiger partial charge is 0.253 e. The van der Waals surface area contributed by atoms with Gasteiger partial charge in [0, 0.05) is 6.20 Å². The van der Waals surface area contributed by atoms with Crippen molar-refractivity contribution in [1.82, 2.24) is 10.3 Å². The fourth-order valence-electron chi connectivity index (χ4n) is 2.21. The number of aromatic hydroxyl groups is 1. The lowest BCUT2D eigenvalue weighted by atomic mass is 9.82. The Morgan fingerprint density at radius 2 is 1.86 bits per heavy atom. The highest BCUT2D eigenvalue weighted by molar-refractivity contribution is 5.94. The largest absolute Gasteiger partial charge is 0.506 e. The van der Waals surface area contributed by atoms with E-state index in [4.69, 9.17) is 0 Å². The summed E-state index contributed by atoms with van der Waals surface area (Å²) < 4.78 is 0. The lowest BCUT2D eigenvalue weighted by molar-refractivity contribution is 0.0901. The van der Waals surface area contributed by atoms with Crippen LogP contribution >= 0.6 is 0 Å². The number of benzene rings is 1. The number of hydrogen-bond donors (Lipinski definition) is 2. The highest BCUT2D eigenvalue weighted by Crippen LogP contribution is 2.32. The Kier molecular flexibility index (Phi) is 4.26. The summed E-state index contributed by atoms with van der Waals surface area (Å²) in [5.41, 5.74) is 1.26. The fourth-order valence-corrected chi connectivity index (χ4v) is 2.21. The molecule has 1 atom stereocenters. The maximum Gasteiger partial charge on any atom is 0.253 e. The fraction of sp³-hybridized carbons (Fsp3) is 0.294. The van der Waals surface area contributed by atoms with Gasteiger partial charge < -0.3 is 10.4 Å². The molecule has 2 rings (SSSR count). The zero-order valence-corrected chi connectivity index (χ0v) is 12.5. The Balaban J connectivity index is 2.26. The van der Waals surface area contributed by atoms with Gasteiger partial charge in [0.2, 0.25) is 0 Å². The van der Waals surface area contributed by atoms with Gasteiger partial charge >= 0.3 is 0 Å². The highest BCUT2D eigenvalue weighted by Gasteiger charge is 2.28. The van der Waals surface area contributed by atoms with Crippen LogP contribution in [0.1, 0.15) is 42.7 Å². The van der Waals surface area contributed by atoms with Gasteiger partial charge in [-0.05, 0) is 17.0 Å². The molecule has 1 heterocycles. The minimum absolute atomic E-state index is 0.0188. The van der Waals surface area contributed by atoms with Gasteiger partial charge in [-0.25, -0.2) is 0 Å². The molecule has 2 aromatic rings. The van der Waals surface area contributed by atoms with Crippen molar-refractivity contribution in [1.29, 1.82) is 0 Å². The van der Waals surface area contributed by atoms with E-state index in [9.17, 15) is 9.90 Å². The molecule has 2 N–H and O–H groups in total. The Hall–Kier alpha value is -2.36. The van der Waals surface area contributed by atoms with Crippen molar-refractivity contribution < 1.29 is 9.90 Å². The molecular weight excluding hydrogens is 264 g/mol. The van der Waals surface area contributed by atoms with Gasteiger partial charge in [0.1, 0.15) is 5.75 Å². The molecule has 0 saturated carbocycles. The van der Waals surface area contributed by atoms with Crippen LogP contribution in [0.5, 0.6) is 5.75 Å². The van der Waals surface area contributed by atoms with Crippen LogP contribution < -0.4 is 5.32 Å². The first-order valence-corrected chi connectivity index (χ1v) is 6.88. The maximum absolute atomic E-state index is 12.4. The van der Waals surface area contributed by atoms with Gasteiger partial charge in [-0.3, -0.25) is 9.78 Å². The Labute approximate surface area is 124 Å². The summed E-state index contributed by atoms with van der Waals surface area (Å²) in [6.07, 6.45) is 2.75. The summed E-state index contributed by atoms with van der Waals surface area (Å²) in [5.74, 6) is -0.267. The van der Waals surface area contributed by atoms with Crippen LogP contribution in [-0.4, -0.2) is 16.0 Å². The van der Waals surface area contributed by atoms with Crippen LogP contribution in [0.15, 0.2) is 48.8 Å². The van der Waals surface area contributed by atoms with Crippen molar-refractivity contribution in [3.63, 3.8) is 0 Å². The molecule has 4 nitrogen and oxygen atoms in total. The Morgan fingerprint density at radius 1 is 1.19 bits per heavy atom. The Bertz CT molecular complexity index is 618. The third kappa shape index (κ3) is 3.81. The second kappa shape index (κ2) is 5.95. The van der Waals surface area contributed by atoms with Crippen molar-refractivity contribution in [3.8, 4) is 5.75 Å². The van der Waals surface area contributed by atoms with E-state index in [1.54, 1.807) is 0 Å². The molecule has 1 aromatic carbocycles. The molecule has 0 saturated heterocycles. The number of aromatic nitrogens is 1. The average Bonchev–Trinajstić information content (AvgIpc) is 2.44. The molecule has 21 heavy (non-hydrogen) atoms. The van der Waals surface area contributed by atoms with Crippen LogP contribution in [0.3, 0.4) is 0 Å². The maximum atomic E-state index is 12.4. The molecule has 1 unspecified atom stereocenters.